The van der Waals surface area contributed by atoms with Crippen molar-refractivity contribution in [2.75, 3.05) is 13.2 Å². The predicted octanol–water partition coefficient (Wildman–Crippen LogP) is 1.57. The molecule has 1 amide bonds. The molecule has 1 aromatic rings. The molecule has 0 aromatic heterocycles. The van der Waals surface area contributed by atoms with Crippen LogP contribution in [0.5, 0.6) is 5.75 Å². The number of carbonyl (C=O) groups is 1. The van der Waals surface area contributed by atoms with Crippen LogP contribution in [0.3, 0.4) is 0 Å². The molecule has 2 aliphatic heterocycles. The van der Waals surface area contributed by atoms with Gasteiger partial charge in [-0.05, 0) is 43.5 Å². The zero-order chi connectivity index (χ0) is 13.4. The van der Waals surface area contributed by atoms with Crippen molar-refractivity contribution in [3.05, 3.63) is 29.3 Å². The quantitative estimate of drug-likeness (QED) is 0.834. The molecule has 0 aliphatic carbocycles. The number of ether oxygens (including phenoxy) is 1. The summed E-state index contributed by atoms with van der Waals surface area (Å²) in [5.74, 6) is 1.04. The van der Waals surface area contributed by atoms with Crippen molar-refractivity contribution in [3.8, 4) is 5.75 Å². The Balaban J connectivity index is 1.80. The molecule has 1 aromatic carbocycles. The third kappa shape index (κ3) is 2.32. The maximum absolute atomic E-state index is 12.6. The van der Waals surface area contributed by atoms with Gasteiger partial charge in [0.25, 0.3) is 5.91 Å². The first kappa shape index (κ1) is 12.5. The summed E-state index contributed by atoms with van der Waals surface area (Å²) in [6.45, 7) is 3.56. The second kappa shape index (κ2) is 4.85. The largest absolute Gasteiger partial charge is 0.493 e. The van der Waals surface area contributed by atoms with E-state index >= 15 is 0 Å². The number of carbonyl (C=O) groups excluding carboxylic acids is 1. The summed E-state index contributed by atoms with van der Waals surface area (Å²) in [5.41, 5.74) is 7.86. The monoisotopic (exact) mass is 260 g/mol. The number of fused-ring (bicyclic) bond motifs is 1. The third-order valence-corrected chi connectivity index (χ3v) is 4.11. The molecule has 19 heavy (non-hydrogen) atoms. The van der Waals surface area contributed by atoms with Crippen LogP contribution in [-0.2, 0) is 6.42 Å². The minimum absolute atomic E-state index is 0.120. The summed E-state index contributed by atoms with van der Waals surface area (Å²) in [7, 11) is 0. The normalized spacial score (nSPS) is 25.9. The Bertz CT molecular complexity index is 501. The van der Waals surface area contributed by atoms with Crippen LogP contribution in [-0.4, -0.2) is 36.0 Å². The van der Waals surface area contributed by atoms with E-state index in [0.717, 1.165) is 49.3 Å². The number of rotatable bonds is 1. The van der Waals surface area contributed by atoms with E-state index < -0.39 is 0 Å². The number of amides is 1. The van der Waals surface area contributed by atoms with Crippen molar-refractivity contribution in [1.82, 2.24) is 4.90 Å². The van der Waals surface area contributed by atoms with Gasteiger partial charge >= 0.3 is 0 Å². The minimum Gasteiger partial charge on any atom is -0.493 e. The zero-order valence-electron chi connectivity index (χ0n) is 11.3. The molecule has 4 nitrogen and oxygen atoms in total. The summed E-state index contributed by atoms with van der Waals surface area (Å²) in [6.07, 6.45) is 2.68. The fourth-order valence-corrected chi connectivity index (χ4v) is 3.00. The number of likely N-dealkylation sites (tertiary alicyclic amines) is 1. The highest BCUT2D eigenvalue weighted by Crippen LogP contribution is 2.27. The van der Waals surface area contributed by atoms with Gasteiger partial charge in [-0.25, -0.2) is 0 Å². The highest BCUT2D eigenvalue weighted by molar-refractivity contribution is 5.95. The minimum atomic E-state index is 0.120. The molecule has 0 unspecified atom stereocenters. The molecule has 102 valence electrons. The van der Waals surface area contributed by atoms with Crippen LogP contribution in [0.2, 0.25) is 0 Å². The van der Waals surface area contributed by atoms with E-state index in [1.54, 1.807) is 0 Å². The molecule has 2 N–H and O–H groups in total. The van der Waals surface area contributed by atoms with E-state index in [9.17, 15) is 4.79 Å². The number of hydrogen-bond acceptors (Lipinski definition) is 3. The lowest BCUT2D eigenvalue weighted by atomic mass is 9.97. The van der Waals surface area contributed by atoms with E-state index in [0.29, 0.717) is 0 Å². The molecule has 1 saturated heterocycles. The number of hydrogen-bond donors (Lipinski definition) is 1. The zero-order valence-corrected chi connectivity index (χ0v) is 11.3. The van der Waals surface area contributed by atoms with E-state index in [2.05, 4.69) is 6.92 Å². The Hall–Kier alpha value is -1.55. The fourth-order valence-electron chi connectivity index (χ4n) is 3.00. The van der Waals surface area contributed by atoms with Gasteiger partial charge in [0.2, 0.25) is 0 Å². The number of nitrogens with two attached hydrogens (primary N) is 1. The third-order valence-electron chi connectivity index (χ3n) is 4.11. The van der Waals surface area contributed by atoms with Gasteiger partial charge in [-0.15, -0.1) is 0 Å². The van der Waals surface area contributed by atoms with Crippen LogP contribution < -0.4 is 10.5 Å². The van der Waals surface area contributed by atoms with Gasteiger partial charge in [0.15, 0.2) is 0 Å². The van der Waals surface area contributed by atoms with Crippen LogP contribution in [0.1, 0.15) is 35.7 Å². The summed E-state index contributed by atoms with van der Waals surface area (Å²) >= 11 is 0. The van der Waals surface area contributed by atoms with Crippen molar-refractivity contribution < 1.29 is 9.53 Å². The van der Waals surface area contributed by atoms with Crippen molar-refractivity contribution in [3.63, 3.8) is 0 Å². The molecule has 0 radical (unpaired) electrons. The predicted molar refractivity (Wildman–Crippen MR) is 73.3 cm³/mol. The summed E-state index contributed by atoms with van der Waals surface area (Å²) < 4.78 is 5.47. The van der Waals surface area contributed by atoms with Crippen molar-refractivity contribution in [2.24, 2.45) is 5.73 Å². The molecule has 0 bridgehead atoms. The van der Waals surface area contributed by atoms with Gasteiger partial charge in [-0.1, -0.05) is 0 Å². The highest BCUT2D eigenvalue weighted by Gasteiger charge is 2.28. The van der Waals surface area contributed by atoms with Crippen molar-refractivity contribution in [1.29, 1.82) is 0 Å². The highest BCUT2D eigenvalue weighted by atomic mass is 16.5. The maximum Gasteiger partial charge on any atom is 0.254 e. The SMILES string of the molecule is C[C@H]1C[C@@H](N)CCN1C(=O)c1ccc2c(c1)CCO2. The molecule has 2 aliphatic rings. The standard InChI is InChI=1S/C15H20N2O2/c1-10-8-13(16)4-6-17(10)15(18)12-2-3-14-11(9-12)5-7-19-14/h2-3,9-10,13H,4-8,16H2,1H3/t10-,13-/m0/s1. The van der Waals surface area contributed by atoms with Crippen LogP contribution >= 0.6 is 0 Å². The first-order chi connectivity index (χ1) is 9.15. The number of benzene rings is 1. The smallest absolute Gasteiger partial charge is 0.254 e. The van der Waals surface area contributed by atoms with Crippen LogP contribution in [0.25, 0.3) is 0 Å². The fraction of sp³-hybridized carbons (Fsp3) is 0.533. The van der Waals surface area contributed by atoms with Gasteiger partial charge in [-0.2, -0.15) is 0 Å². The maximum atomic E-state index is 12.6. The molecule has 2 atom stereocenters. The lowest BCUT2D eigenvalue weighted by Crippen LogP contribution is -2.48. The Kier molecular flexibility index (Phi) is 3.19. The summed E-state index contributed by atoms with van der Waals surface area (Å²) in [6, 6.07) is 6.21. The topological polar surface area (TPSA) is 55.6 Å². The van der Waals surface area contributed by atoms with Crippen LogP contribution in [0.15, 0.2) is 18.2 Å². The molecule has 1 fully saturated rings. The summed E-state index contributed by atoms with van der Waals surface area (Å²) in [5, 5.41) is 0. The molecule has 0 spiro atoms. The molecular formula is C15H20N2O2. The van der Waals surface area contributed by atoms with Crippen molar-refractivity contribution >= 4 is 5.91 Å². The van der Waals surface area contributed by atoms with E-state index in [1.807, 2.05) is 23.1 Å². The number of nitrogens with zero attached hydrogens (tertiary/aromatic N) is 1. The first-order valence-electron chi connectivity index (χ1n) is 6.97. The average molecular weight is 260 g/mol. The Labute approximate surface area is 113 Å². The van der Waals surface area contributed by atoms with Crippen molar-refractivity contribution in [2.45, 2.75) is 38.3 Å². The van der Waals surface area contributed by atoms with Gasteiger partial charge in [-0.3, -0.25) is 4.79 Å². The van der Waals surface area contributed by atoms with E-state index in [1.165, 1.54) is 0 Å². The lowest BCUT2D eigenvalue weighted by molar-refractivity contribution is 0.0619. The Morgan fingerprint density at radius 3 is 3.11 bits per heavy atom. The van der Waals surface area contributed by atoms with Gasteiger partial charge in [0.1, 0.15) is 5.75 Å². The Morgan fingerprint density at radius 2 is 2.32 bits per heavy atom. The van der Waals surface area contributed by atoms with Crippen LogP contribution in [0.4, 0.5) is 0 Å². The lowest BCUT2D eigenvalue weighted by Gasteiger charge is -2.36. The second-order valence-electron chi connectivity index (χ2n) is 5.55. The molecule has 3 rings (SSSR count). The second-order valence-corrected chi connectivity index (χ2v) is 5.55. The number of piperidine rings is 1. The molecular weight excluding hydrogens is 240 g/mol. The average Bonchev–Trinajstić information content (AvgIpc) is 2.85. The molecule has 2 heterocycles. The summed E-state index contributed by atoms with van der Waals surface area (Å²) in [4.78, 5) is 14.5. The van der Waals surface area contributed by atoms with Gasteiger partial charge in [0.05, 0.1) is 6.61 Å². The molecule has 4 heteroatoms. The van der Waals surface area contributed by atoms with E-state index in [-0.39, 0.29) is 18.0 Å². The van der Waals surface area contributed by atoms with E-state index in [4.69, 9.17) is 10.5 Å². The first-order valence-corrected chi connectivity index (χ1v) is 6.97. The Morgan fingerprint density at radius 1 is 1.47 bits per heavy atom. The molecule has 0 saturated carbocycles. The van der Waals surface area contributed by atoms with Gasteiger partial charge < -0.3 is 15.4 Å². The van der Waals surface area contributed by atoms with Gasteiger partial charge in [0, 0.05) is 30.6 Å². The van der Waals surface area contributed by atoms with Crippen LogP contribution in [0, 0.1) is 0 Å².